The van der Waals surface area contributed by atoms with Crippen molar-refractivity contribution in [2.24, 2.45) is 5.84 Å². The van der Waals surface area contributed by atoms with Crippen molar-refractivity contribution in [3.8, 4) is 5.75 Å². The van der Waals surface area contributed by atoms with E-state index in [-0.39, 0.29) is 0 Å². The fourth-order valence-corrected chi connectivity index (χ4v) is 1.80. The van der Waals surface area contributed by atoms with Gasteiger partial charge in [0.2, 0.25) is 0 Å². The highest BCUT2D eigenvalue weighted by atomic mass is 16.5. The van der Waals surface area contributed by atoms with Crippen LogP contribution in [0.3, 0.4) is 0 Å². The summed E-state index contributed by atoms with van der Waals surface area (Å²) in [6.45, 7) is 5.22. The first-order valence-corrected chi connectivity index (χ1v) is 5.23. The second kappa shape index (κ2) is 4.73. The van der Waals surface area contributed by atoms with E-state index in [9.17, 15) is 9.90 Å². The fourth-order valence-electron chi connectivity index (χ4n) is 1.80. The molecule has 1 rings (SSSR count). The molecular formula is C12H18N2O3. The van der Waals surface area contributed by atoms with E-state index in [2.05, 4.69) is 5.43 Å². The van der Waals surface area contributed by atoms with Gasteiger partial charge in [-0.25, -0.2) is 10.2 Å². The molecule has 1 aromatic carbocycles. The van der Waals surface area contributed by atoms with Crippen LogP contribution in [0.5, 0.6) is 5.75 Å². The largest absolute Gasteiger partial charge is 0.496 e. The average molecular weight is 238 g/mol. The maximum absolute atomic E-state index is 11.3. The van der Waals surface area contributed by atoms with Gasteiger partial charge in [-0.15, -0.1) is 0 Å². The number of benzene rings is 1. The summed E-state index contributed by atoms with van der Waals surface area (Å²) in [5, 5.41) is 9.25. The number of hydrazine groups is 1. The minimum absolute atomic E-state index is 0.630. The topological polar surface area (TPSA) is 84.6 Å². The first-order chi connectivity index (χ1) is 7.86. The molecule has 1 atom stereocenters. The number of ether oxygens (including phenoxy) is 1. The maximum Gasteiger partial charge on any atom is 0.329 e. The van der Waals surface area contributed by atoms with Crippen molar-refractivity contribution in [2.75, 3.05) is 7.11 Å². The number of carbonyl (C=O) groups is 1. The Hall–Kier alpha value is -1.59. The SMILES string of the molecule is COc1cc(C)c(C(C)(NN)C(=O)O)cc1C. The summed E-state index contributed by atoms with van der Waals surface area (Å²) in [5.41, 5.74) is 3.37. The van der Waals surface area contributed by atoms with Crippen LogP contribution in [0.4, 0.5) is 0 Å². The van der Waals surface area contributed by atoms with Gasteiger partial charge >= 0.3 is 5.97 Å². The van der Waals surface area contributed by atoms with Crippen molar-refractivity contribution in [1.82, 2.24) is 5.43 Å². The number of aryl methyl sites for hydroxylation is 2. The lowest BCUT2D eigenvalue weighted by Crippen LogP contribution is -2.50. The van der Waals surface area contributed by atoms with Gasteiger partial charge in [0.05, 0.1) is 7.11 Å². The molecule has 0 aliphatic rings. The van der Waals surface area contributed by atoms with Crippen molar-refractivity contribution in [3.63, 3.8) is 0 Å². The Kier molecular flexibility index (Phi) is 3.75. The van der Waals surface area contributed by atoms with Crippen LogP contribution < -0.4 is 16.0 Å². The minimum Gasteiger partial charge on any atom is -0.496 e. The summed E-state index contributed by atoms with van der Waals surface area (Å²) in [4.78, 5) is 11.3. The molecule has 0 bridgehead atoms. The normalized spacial score (nSPS) is 14.2. The van der Waals surface area contributed by atoms with E-state index in [1.54, 1.807) is 13.2 Å². The second-order valence-electron chi connectivity index (χ2n) is 4.21. The standard InChI is InChI=1S/C12H18N2O3/c1-7-6-10(17-4)8(2)5-9(7)12(3,14-13)11(15)16/h5-6,14H,13H2,1-4H3,(H,15,16). The molecule has 1 aromatic rings. The molecule has 0 saturated carbocycles. The van der Waals surface area contributed by atoms with Gasteiger partial charge in [0.15, 0.2) is 5.54 Å². The van der Waals surface area contributed by atoms with E-state index in [1.165, 1.54) is 6.92 Å². The summed E-state index contributed by atoms with van der Waals surface area (Å²) in [6, 6.07) is 3.59. The van der Waals surface area contributed by atoms with Gasteiger partial charge in [-0.3, -0.25) is 5.84 Å². The van der Waals surface area contributed by atoms with Crippen molar-refractivity contribution in [2.45, 2.75) is 26.3 Å². The Labute approximate surface area is 101 Å². The van der Waals surface area contributed by atoms with Crippen LogP contribution >= 0.6 is 0 Å². The number of rotatable bonds is 4. The number of nitrogens with one attached hydrogen (secondary N) is 1. The molecular weight excluding hydrogens is 220 g/mol. The van der Waals surface area contributed by atoms with Crippen LogP contribution in [-0.2, 0) is 10.3 Å². The summed E-state index contributed by atoms with van der Waals surface area (Å²) in [5.74, 6) is 5.08. The van der Waals surface area contributed by atoms with Crippen LogP contribution in [0.15, 0.2) is 12.1 Å². The molecule has 5 heteroatoms. The summed E-state index contributed by atoms with van der Waals surface area (Å²) >= 11 is 0. The number of aliphatic carboxylic acids is 1. The third kappa shape index (κ3) is 2.25. The van der Waals surface area contributed by atoms with E-state index >= 15 is 0 Å². The van der Waals surface area contributed by atoms with Gasteiger partial charge in [-0.1, -0.05) is 0 Å². The maximum atomic E-state index is 11.3. The molecule has 0 spiro atoms. The van der Waals surface area contributed by atoms with E-state index in [0.717, 1.165) is 16.9 Å². The molecule has 0 saturated heterocycles. The van der Waals surface area contributed by atoms with Crippen LogP contribution in [0.2, 0.25) is 0 Å². The number of hydrogen-bond acceptors (Lipinski definition) is 4. The van der Waals surface area contributed by atoms with Crippen LogP contribution in [0, 0.1) is 13.8 Å². The Morgan fingerprint density at radius 2 is 2.00 bits per heavy atom. The Morgan fingerprint density at radius 3 is 2.41 bits per heavy atom. The summed E-state index contributed by atoms with van der Waals surface area (Å²) in [6.07, 6.45) is 0. The lowest BCUT2D eigenvalue weighted by molar-refractivity contribution is -0.144. The Balaban J connectivity index is 3.41. The van der Waals surface area contributed by atoms with Crippen molar-refractivity contribution in [1.29, 1.82) is 0 Å². The average Bonchev–Trinajstić information content (AvgIpc) is 2.30. The fraction of sp³-hybridized carbons (Fsp3) is 0.417. The zero-order valence-electron chi connectivity index (χ0n) is 10.5. The van der Waals surface area contributed by atoms with Crippen molar-refractivity contribution >= 4 is 5.97 Å². The van der Waals surface area contributed by atoms with Gasteiger partial charge in [0.25, 0.3) is 0 Å². The third-order valence-corrected chi connectivity index (χ3v) is 3.00. The van der Waals surface area contributed by atoms with Crippen LogP contribution in [-0.4, -0.2) is 18.2 Å². The Morgan fingerprint density at radius 1 is 1.41 bits per heavy atom. The number of nitrogens with two attached hydrogens (primary N) is 1. The smallest absolute Gasteiger partial charge is 0.329 e. The molecule has 0 radical (unpaired) electrons. The van der Waals surface area contributed by atoms with Gasteiger partial charge in [0, 0.05) is 0 Å². The van der Waals surface area contributed by atoms with Gasteiger partial charge in [-0.2, -0.15) is 0 Å². The highest BCUT2D eigenvalue weighted by Crippen LogP contribution is 2.29. The Bertz CT molecular complexity index is 446. The molecule has 4 N–H and O–H groups in total. The highest BCUT2D eigenvalue weighted by Gasteiger charge is 2.35. The highest BCUT2D eigenvalue weighted by molar-refractivity contribution is 5.81. The molecule has 5 nitrogen and oxygen atoms in total. The van der Waals surface area contributed by atoms with Gasteiger partial charge < -0.3 is 9.84 Å². The minimum atomic E-state index is -1.30. The molecule has 0 heterocycles. The summed E-state index contributed by atoms with van der Waals surface area (Å²) in [7, 11) is 1.58. The monoisotopic (exact) mass is 238 g/mol. The molecule has 0 aliphatic carbocycles. The summed E-state index contributed by atoms with van der Waals surface area (Å²) < 4.78 is 5.19. The number of methoxy groups -OCH3 is 1. The quantitative estimate of drug-likeness (QED) is 0.540. The van der Waals surface area contributed by atoms with E-state index in [4.69, 9.17) is 10.6 Å². The van der Waals surface area contributed by atoms with E-state index in [0.29, 0.717) is 5.56 Å². The van der Waals surface area contributed by atoms with E-state index < -0.39 is 11.5 Å². The zero-order valence-corrected chi connectivity index (χ0v) is 10.5. The molecule has 17 heavy (non-hydrogen) atoms. The number of carboxylic acids is 1. The van der Waals surface area contributed by atoms with Crippen LogP contribution in [0.1, 0.15) is 23.6 Å². The lowest BCUT2D eigenvalue weighted by Gasteiger charge is -2.27. The molecule has 0 fully saturated rings. The molecule has 1 unspecified atom stereocenters. The first-order valence-electron chi connectivity index (χ1n) is 5.23. The predicted molar refractivity (Wildman–Crippen MR) is 64.8 cm³/mol. The van der Waals surface area contributed by atoms with Gasteiger partial charge in [-0.05, 0) is 49.6 Å². The van der Waals surface area contributed by atoms with Crippen molar-refractivity contribution < 1.29 is 14.6 Å². The molecule has 0 amide bonds. The van der Waals surface area contributed by atoms with E-state index in [1.807, 2.05) is 19.9 Å². The lowest BCUT2D eigenvalue weighted by atomic mass is 9.88. The van der Waals surface area contributed by atoms with Gasteiger partial charge in [0.1, 0.15) is 5.75 Å². The first kappa shape index (κ1) is 13.5. The zero-order chi connectivity index (χ0) is 13.2. The molecule has 94 valence electrons. The second-order valence-corrected chi connectivity index (χ2v) is 4.21. The molecule has 0 aromatic heterocycles. The molecule has 0 aliphatic heterocycles. The number of hydrogen-bond donors (Lipinski definition) is 3. The van der Waals surface area contributed by atoms with Crippen LogP contribution in [0.25, 0.3) is 0 Å². The number of carboxylic acid groups (broad SMARTS) is 1. The predicted octanol–water partition coefficient (Wildman–Crippen LogP) is 1.08. The van der Waals surface area contributed by atoms with Crippen molar-refractivity contribution in [3.05, 3.63) is 28.8 Å². The third-order valence-electron chi connectivity index (χ3n) is 3.00.